The van der Waals surface area contributed by atoms with Crippen LogP contribution in [0.5, 0.6) is 5.75 Å². The quantitative estimate of drug-likeness (QED) is 0.184. The minimum Gasteiger partial charge on any atom is -0.423 e. The van der Waals surface area contributed by atoms with E-state index in [2.05, 4.69) is 47.4 Å². The van der Waals surface area contributed by atoms with Crippen LogP contribution in [0.15, 0.2) is 67.3 Å². The summed E-state index contributed by atoms with van der Waals surface area (Å²) in [5.74, 6) is 0.0269. The van der Waals surface area contributed by atoms with Crippen LogP contribution in [0, 0.1) is 5.92 Å². The highest BCUT2D eigenvalue weighted by molar-refractivity contribution is 5.86. The summed E-state index contributed by atoms with van der Waals surface area (Å²) < 4.78 is 5.40. The molecule has 0 aromatic heterocycles. The van der Waals surface area contributed by atoms with Gasteiger partial charge in [0.25, 0.3) is 0 Å². The van der Waals surface area contributed by atoms with Crippen molar-refractivity contribution >= 4 is 11.8 Å². The molecule has 1 rings (SSSR count). The van der Waals surface area contributed by atoms with Crippen molar-refractivity contribution in [2.45, 2.75) is 86.7 Å². The Morgan fingerprint density at radius 2 is 1.50 bits per heavy atom. The minimum absolute atomic E-state index is 0.00166. The number of hydrogen-bond donors (Lipinski definition) is 1. The van der Waals surface area contributed by atoms with E-state index in [1.165, 1.54) is 18.6 Å². The summed E-state index contributed by atoms with van der Waals surface area (Å²) in [6.45, 7) is 30.1. The zero-order valence-electron chi connectivity index (χ0n) is 23.0. The van der Waals surface area contributed by atoms with Gasteiger partial charge in [0.2, 0.25) is 0 Å². The van der Waals surface area contributed by atoms with E-state index >= 15 is 0 Å². The zero-order valence-corrected chi connectivity index (χ0v) is 23.0. The van der Waals surface area contributed by atoms with Crippen molar-refractivity contribution in [3.8, 4) is 5.75 Å². The average Bonchev–Trinajstić information content (AvgIpc) is 2.79. The first-order valence-electron chi connectivity index (χ1n) is 11.7. The molecule has 0 aliphatic carbocycles. The molecule has 0 bridgehead atoms. The number of hydrogen-bond acceptors (Lipinski definition) is 4. The van der Waals surface area contributed by atoms with Crippen LogP contribution in [0.25, 0.3) is 0 Å². The number of esters is 1. The SMILES string of the molecule is C=CC(=O)Oc1ccc(C(C)(O)C(C)C/C(C)=C(/C)C=C)cc1C(C)(C)C.C=CC(C)=O.CC. The molecular weight excluding hydrogens is 424 g/mol. The van der Waals surface area contributed by atoms with Crippen LogP contribution in [0.4, 0.5) is 0 Å². The Morgan fingerprint density at radius 1 is 1.00 bits per heavy atom. The van der Waals surface area contributed by atoms with Crippen LogP contribution in [0.1, 0.15) is 86.8 Å². The average molecular weight is 471 g/mol. The Labute approximate surface area is 208 Å². The first-order valence-corrected chi connectivity index (χ1v) is 11.7. The van der Waals surface area contributed by atoms with E-state index in [1.807, 2.05) is 52.8 Å². The lowest BCUT2D eigenvalue weighted by Crippen LogP contribution is -2.31. The Bertz CT molecular complexity index is 880. The predicted octanol–water partition coefficient (Wildman–Crippen LogP) is 7.62. The van der Waals surface area contributed by atoms with Gasteiger partial charge in [-0.1, -0.05) is 84.6 Å². The van der Waals surface area contributed by atoms with Gasteiger partial charge in [-0.25, -0.2) is 4.79 Å². The molecule has 0 spiro atoms. The van der Waals surface area contributed by atoms with Crippen LogP contribution in [-0.4, -0.2) is 16.9 Å². The number of aliphatic hydroxyl groups is 1. The Morgan fingerprint density at radius 3 is 1.88 bits per heavy atom. The lowest BCUT2D eigenvalue weighted by molar-refractivity contribution is -0.129. The maximum atomic E-state index is 11.7. The van der Waals surface area contributed by atoms with Crippen molar-refractivity contribution in [2.75, 3.05) is 0 Å². The van der Waals surface area contributed by atoms with E-state index in [4.69, 9.17) is 4.74 Å². The van der Waals surface area contributed by atoms with Crippen molar-refractivity contribution in [3.05, 3.63) is 78.4 Å². The summed E-state index contributed by atoms with van der Waals surface area (Å²) in [6.07, 6.45) is 5.04. The van der Waals surface area contributed by atoms with Crippen molar-refractivity contribution in [1.82, 2.24) is 0 Å². The number of rotatable bonds is 8. The molecule has 0 aliphatic rings. The van der Waals surface area contributed by atoms with Crippen molar-refractivity contribution in [3.63, 3.8) is 0 Å². The first kappa shape index (κ1) is 33.5. The van der Waals surface area contributed by atoms with Crippen molar-refractivity contribution in [1.29, 1.82) is 0 Å². The summed E-state index contributed by atoms with van der Waals surface area (Å²) in [5, 5.41) is 11.3. The lowest BCUT2D eigenvalue weighted by Gasteiger charge is -2.33. The second-order valence-electron chi connectivity index (χ2n) is 9.32. The molecule has 0 fully saturated rings. The van der Waals surface area contributed by atoms with Crippen LogP contribution in [0.2, 0.25) is 0 Å². The molecule has 1 aromatic carbocycles. The van der Waals surface area contributed by atoms with E-state index in [9.17, 15) is 14.7 Å². The molecule has 190 valence electrons. The molecule has 0 amide bonds. The fraction of sp³-hybridized carbons (Fsp3) is 0.467. The topological polar surface area (TPSA) is 63.6 Å². The van der Waals surface area contributed by atoms with Gasteiger partial charge in [0.15, 0.2) is 5.78 Å². The van der Waals surface area contributed by atoms with E-state index in [0.29, 0.717) is 5.75 Å². The van der Waals surface area contributed by atoms with Crippen LogP contribution in [-0.2, 0) is 20.6 Å². The van der Waals surface area contributed by atoms with Gasteiger partial charge in [-0.2, -0.15) is 0 Å². The molecule has 0 radical (unpaired) electrons. The molecule has 34 heavy (non-hydrogen) atoms. The Kier molecular flexibility index (Phi) is 15.0. The van der Waals surface area contributed by atoms with Gasteiger partial charge in [0, 0.05) is 11.6 Å². The third-order valence-electron chi connectivity index (χ3n) is 5.59. The standard InChI is InChI=1S/C24H34O3.C4H6O.C2H6/c1-10-16(3)17(4)14-18(5)24(9,26)19-12-13-21(27-22(25)11-2)20(15-19)23(6,7)8;1-3-4(2)5;1-2/h10-13,15,18,26H,1-2,14H2,3-9H3;3H,1H2,2H3;1-2H3/b17-16-;;. The van der Waals surface area contributed by atoms with Gasteiger partial charge in [-0.05, 0) is 69.2 Å². The number of carbonyl (C=O) groups is 2. The Balaban J connectivity index is 0. The fourth-order valence-electron chi connectivity index (χ4n) is 2.95. The van der Waals surface area contributed by atoms with E-state index < -0.39 is 11.6 Å². The van der Waals surface area contributed by atoms with Crippen molar-refractivity contribution in [2.24, 2.45) is 5.92 Å². The summed E-state index contributed by atoms with van der Waals surface area (Å²) in [7, 11) is 0. The largest absolute Gasteiger partial charge is 0.423 e. The van der Waals surface area contributed by atoms with Gasteiger partial charge >= 0.3 is 5.97 Å². The maximum Gasteiger partial charge on any atom is 0.335 e. The van der Waals surface area contributed by atoms with Gasteiger partial charge in [-0.3, -0.25) is 4.79 Å². The van der Waals surface area contributed by atoms with Crippen LogP contribution < -0.4 is 4.74 Å². The zero-order chi connectivity index (χ0) is 27.3. The Hall–Kier alpha value is -2.72. The number of ether oxygens (including phenoxy) is 1. The first-order chi connectivity index (χ1) is 15.6. The number of allylic oxidation sites excluding steroid dienone is 4. The van der Waals surface area contributed by atoms with Gasteiger partial charge in [-0.15, -0.1) is 0 Å². The molecule has 4 heteroatoms. The molecular formula is C30H46O4. The highest BCUT2D eigenvalue weighted by Gasteiger charge is 2.32. The molecule has 2 unspecified atom stereocenters. The highest BCUT2D eigenvalue weighted by Crippen LogP contribution is 2.39. The predicted molar refractivity (Wildman–Crippen MR) is 145 cm³/mol. The van der Waals surface area contributed by atoms with E-state index in [-0.39, 0.29) is 17.1 Å². The molecule has 0 aliphatic heterocycles. The fourth-order valence-corrected chi connectivity index (χ4v) is 2.95. The third kappa shape index (κ3) is 10.9. The smallest absolute Gasteiger partial charge is 0.335 e. The van der Waals surface area contributed by atoms with Crippen molar-refractivity contribution < 1.29 is 19.4 Å². The monoisotopic (exact) mass is 470 g/mol. The summed E-state index contributed by atoms with van der Waals surface area (Å²) >= 11 is 0. The summed E-state index contributed by atoms with van der Waals surface area (Å²) in [5.41, 5.74) is 2.76. The van der Waals surface area contributed by atoms with Crippen LogP contribution >= 0.6 is 0 Å². The van der Waals surface area contributed by atoms with Gasteiger partial charge < -0.3 is 9.84 Å². The lowest BCUT2D eigenvalue weighted by atomic mass is 9.77. The number of ketones is 1. The minimum atomic E-state index is -1.02. The highest BCUT2D eigenvalue weighted by atomic mass is 16.5. The summed E-state index contributed by atoms with van der Waals surface area (Å²) in [4.78, 5) is 21.4. The van der Waals surface area contributed by atoms with Gasteiger partial charge in [0.05, 0.1) is 5.60 Å². The second-order valence-corrected chi connectivity index (χ2v) is 9.32. The van der Waals surface area contributed by atoms with E-state index in [1.54, 1.807) is 6.07 Å². The summed E-state index contributed by atoms with van der Waals surface area (Å²) in [6, 6.07) is 5.54. The number of carbonyl (C=O) groups excluding carboxylic acids is 2. The maximum absolute atomic E-state index is 11.7. The molecule has 0 heterocycles. The van der Waals surface area contributed by atoms with Crippen LogP contribution in [0.3, 0.4) is 0 Å². The molecule has 0 saturated heterocycles. The van der Waals surface area contributed by atoms with Gasteiger partial charge in [0.1, 0.15) is 5.75 Å². The normalized spacial score (nSPS) is 13.9. The molecule has 1 N–H and O–H groups in total. The van der Waals surface area contributed by atoms with E-state index in [0.717, 1.165) is 29.2 Å². The second kappa shape index (κ2) is 15.2. The third-order valence-corrected chi connectivity index (χ3v) is 5.59. The molecule has 1 aromatic rings. The number of benzene rings is 1. The molecule has 0 saturated carbocycles. The molecule has 2 atom stereocenters. The molecule has 4 nitrogen and oxygen atoms in total.